The lowest BCUT2D eigenvalue weighted by molar-refractivity contribution is 0.541. The summed E-state index contributed by atoms with van der Waals surface area (Å²) >= 11 is 0. The van der Waals surface area contributed by atoms with Gasteiger partial charge in [0.05, 0.1) is 0 Å². The molecule has 0 rings (SSSR count). The maximum absolute atomic E-state index is 3.55. The van der Waals surface area contributed by atoms with Gasteiger partial charge in [-0.15, -0.1) is 0 Å². The summed E-state index contributed by atoms with van der Waals surface area (Å²) in [7, 11) is 0. The maximum Gasteiger partial charge on any atom is -0.00368 e. The molecule has 5 nitrogen and oxygen atoms in total. The van der Waals surface area contributed by atoms with E-state index in [-0.39, 0.29) is 0 Å². The summed E-state index contributed by atoms with van der Waals surface area (Å²) in [6.45, 7) is 15.7. The van der Waals surface area contributed by atoms with Crippen LogP contribution in [0.2, 0.25) is 0 Å². The second-order valence-corrected chi connectivity index (χ2v) is 6.08. The molecule has 0 atom stereocenters. The highest BCUT2D eigenvalue weighted by Crippen LogP contribution is 1.88. The number of rotatable bonds is 20. The molecule has 0 radical (unpaired) electrons. The zero-order valence-corrected chi connectivity index (χ0v) is 15.8. The normalized spacial score (nSPS) is 11.2. The zero-order chi connectivity index (χ0) is 16.8. The zero-order valence-electron chi connectivity index (χ0n) is 15.8. The minimum absolute atomic E-state index is 1.08. The Morgan fingerprint density at radius 3 is 0.913 bits per heavy atom. The van der Waals surface area contributed by atoms with Gasteiger partial charge in [-0.1, -0.05) is 13.8 Å². The standard InChI is InChI=1S/C18H43N5/c1-3-19-15-9-17-22-13-7-5-11-21-12-6-8-14-23-18-10-16-20-4-2/h19-23H,3-18H2,1-2H3. The fraction of sp³-hybridized carbons (Fsp3) is 1.00. The van der Waals surface area contributed by atoms with Crippen LogP contribution in [-0.2, 0) is 0 Å². The van der Waals surface area contributed by atoms with Crippen LogP contribution in [0.25, 0.3) is 0 Å². The van der Waals surface area contributed by atoms with Gasteiger partial charge in [-0.25, -0.2) is 0 Å². The molecular weight excluding hydrogens is 286 g/mol. The van der Waals surface area contributed by atoms with E-state index >= 15 is 0 Å². The van der Waals surface area contributed by atoms with Crippen LogP contribution in [0.15, 0.2) is 0 Å². The van der Waals surface area contributed by atoms with E-state index in [1.54, 1.807) is 0 Å². The first kappa shape index (κ1) is 22.8. The molecule has 0 aliphatic heterocycles. The Balaban J connectivity index is 2.92. The fourth-order valence-corrected chi connectivity index (χ4v) is 2.41. The van der Waals surface area contributed by atoms with Crippen LogP contribution in [-0.4, -0.2) is 65.4 Å². The van der Waals surface area contributed by atoms with Crippen molar-refractivity contribution in [1.82, 2.24) is 26.6 Å². The highest BCUT2D eigenvalue weighted by atomic mass is 14.9. The molecule has 0 fully saturated rings. The first-order valence-electron chi connectivity index (χ1n) is 9.95. The lowest BCUT2D eigenvalue weighted by Gasteiger charge is -2.07. The van der Waals surface area contributed by atoms with Crippen molar-refractivity contribution in [2.75, 3.05) is 65.4 Å². The molecule has 0 heterocycles. The van der Waals surface area contributed by atoms with Gasteiger partial charge in [0.2, 0.25) is 0 Å². The summed E-state index contributed by atoms with van der Waals surface area (Å²) < 4.78 is 0. The molecule has 23 heavy (non-hydrogen) atoms. The predicted molar refractivity (Wildman–Crippen MR) is 103 cm³/mol. The van der Waals surface area contributed by atoms with Crippen LogP contribution in [0.5, 0.6) is 0 Å². The van der Waals surface area contributed by atoms with E-state index in [1.807, 2.05) is 0 Å². The molecule has 0 aliphatic rings. The summed E-state index contributed by atoms with van der Waals surface area (Å²) in [5.74, 6) is 0. The van der Waals surface area contributed by atoms with Crippen LogP contribution in [0.1, 0.15) is 52.4 Å². The largest absolute Gasteiger partial charge is 0.317 e. The van der Waals surface area contributed by atoms with Gasteiger partial charge in [-0.3, -0.25) is 0 Å². The van der Waals surface area contributed by atoms with Gasteiger partial charge in [0.1, 0.15) is 0 Å². The number of nitrogens with one attached hydrogen (secondary N) is 5. The molecule has 0 aromatic carbocycles. The highest BCUT2D eigenvalue weighted by Gasteiger charge is 1.92. The third kappa shape index (κ3) is 21.8. The van der Waals surface area contributed by atoms with Crippen molar-refractivity contribution in [3.05, 3.63) is 0 Å². The van der Waals surface area contributed by atoms with Crippen LogP contribution >= 0.6 is 0 Å². The summed E-state index contributed by atoms with van der Waals surface area (Å²) in [6, 6.07) is 0. The number of hydrogen-bond donors (Lipinski definition) is 5. The molecule has 0 bridgehead atoms. The van der Waals surface area contributed by atoms with E-state index in [1.165, 1.54) is 38.5 Å². The number of unbranched alkanes of at least 4 members (excludes halogenated alkanes) is 2. The Hall–Kier alpha value is -0.200. The third-order valence-electron chi connectivity index (χ3n) is 3.83. The van der Waals surface area contributed by atoms with E-state index in [2.05, 4.69) is 40.4 Å². The average molecular weight is 330 g/mol. The van der Waals surface area contributed by atoms with Crippen molar-refractivity contribution in [2.45, 2.75) is 52.4 Å². The quantitative estimate of drug-likeness (QED) is 0.218. The van der Waals surface area contributed by atoms with Gasteiger partial charge in [0, 0.05) is 0 Å². The fourth-order valence-electron chi connectivity index (χ4n) is 2.41. The Morgan fingerprint density at radius 2 is 0.609 bits per heavy atom. The van der Waals surface area contributed by atoms with Gasteiger partial charge in [0.25, 0.3) is 0 Å². The van der Waals surface area contributed by atoms with Gasteiger partial charge < -0.3 is 26.6 Å². The first-order valence-corrected chi connectivity index (χ1v) is 9.95. The molecule has 5 heteroatoms. The van der Waals surface area contributed by atoms with Crippen LogP contribution in [0.3, 0.4) is 0 Å². The van der Waals surface area contributed by atoms with E-state index in [0.29, 0.717) is 0 Å². The number of hydrogen-bond acceptors (Lipinski definition) is 5. The molecule has 0 amide bonds. The van der Waals surface area contributed by atoms with Gasteiger partial charge in [-0.2, -0.15) is 0 Å². The third-order valence-corrected chi connectivity index (χ3v) is 3.83. The molecule has 140 valence electrons. The minimum Gasteiger partial charge on any atom is -0.317 e. The summed E-state index contributed by atoms with van der Waals surface area (Å²) in [6.07, 6.45) is 7.58. The second kappa shape index (κ2) is 21.8. The molecule has 0 saturated carbocycles. The van der Waals surface area contributed by atoms with E-state index in [0.717, 1.165) is 65.4 Å². The van der Waals surface area contributed by atoms with Crippen LogP contribution in [0.4, 0.5) is 0 Å². The van der Waals surface area contributed by atoms with E-state index in [4.69, 9.17) is 0 Å². The monoisotopic (exact) mass is 329 g/mol. The molecule has 0 aromatic heterocycles. The summed E-state index contributed by atoms with van der Waals surface area (Å²) in [4.78, 5) is 0. The van der Waals surface area contributed by atoms with Crippen LogP contribution < -0.4 is 26.6 Å². The maximum atomic E-state index is 3.55. The second-order valence-electron chi connectivity index (χ2n) is 6.08. The van der Waals surface area contributed by atoms with Gasteiger partial charge >= 0.3 is 0 Å². The SMILES string of the molecule is CCNCCCNCCCCNCCCCNCCCNCC. The van der Waals surface area contributed by atoms with Crippen molar-refractivity contribution in [3.8, 4) is 0 Å². The molecule has 0 spiro atoms. The molecule has 0 saturated heterocycles. The topological polar surface area (TPSA) is 60.1 Å². The van der Waals surface area contributed by atoms with Crippen molar-refractivity contribution < 1.29 is 0 Å². The molecule has 0 aliphatic carbocycles. The lowest BCUT2D eigenvalue weighted by atomic mass is 10.2. The first-order chi connectivity index (χ1) is 11.4. The van der Waals surface area contributed by atoms with Crippen molar-refractivity contribution in [3.63, 3.8) is 0 Å². The smallest absolute Gasteiger partial charge is 0.00368 e. The van der Waals surface area contributed by atoms with Crippen LogP contribution in [0, 0.1) is 0 Å². The van der Waals surface area contributed by atoms with Gasteiger partial charge in [-0.05, 0) is 104 Å². The van der Waals surface area contributed by atoms with Crippen molar-refractivity contribution in [2.24, 2.45) is 0 Å². The molecule has 5 N–H and O–H groups in total. The van der Waals surface area contributed by atoms with Crippen molar-refractivity contribution in [1.29, 1.82) is 0 Å². The Kier molecular flexibility index (Phi) is 21.6. The summed E-state index contributed by atoms with van der Waals surface area (Å²) in [5.41, 5.74) is 0. The minimum atomic E-state index is 1.08. The Bertz CT molecular complexity index is 182. The van der Waals surface area contributed by atoms with E-state index in [9.17, 15) is 0 Å². The average Bonchev–Trinajstić information content (AvgIpc) is 2.57. The molecule has 0 unspecified atom stereocenters. The predicted octanol–water partition coefficient (Wildman–Crippen LogP) is 1.31. The van der Waals surface area contributed by atoms with Gasteiger partial charge in [0.15, 0.2) is 0 Å². The molecule has 0 aromatic rings. The molecular formula is C18H43N5. The highest BCUT2D eigenvalue weighted by molar-refractivity contribution is 4.55. The lowest BCUT2D eigenvalue weighted by Crippen LogP contribution is -2.24. The van der Waals surface area contributed by atoms with Crippen molar-refractivity contribution >= 4 is 0 Å². The Labute approximate surface area is 145 Å². The summed E-state index contributed by atoms with van der Waals surface area (Å²) in [5, 5.41) is 17.3. The van der Waals surface area contributed by atoms with E-state index < -0.39 is 0 Å². The Morgan fingerprint density at radius 1 is 0.348 bits per heavy atom.